The predicted octanol–water partition coefficient (Wildman–Crippen LogP) is 3.51. The minimum absolute atomic E-state index is 0.106. The monoisotopic (exact) mass is 435 g/mol. The van der Waals surface area contributed by atoms with Crippen LogP contribution in [0.15, 0.2) is 30.3 Å². The zero-order valence-electron chi connectivity index (χ0n) is 16.7. The predicted molar refractivity (Wildman–Crippen MR) is 117 cm³/mol. The van der Waals surface area contributed by atoms with Crippen LogP contribution in [0.2, 0.25) is 5.02 Å². The third-order valence-corrected chi connectivity index (χ3v) is 6.39. The number of carbonyl (C=O) groups excluding carboxylic acids is 2. The SMILES string of the molecule is CCc1cc(C(=O)OC)c(NC(=O)CN2CCN(Cc3ccc(Cl)cc3)CC2)s1. The first-order valence-electron chi connectivity index (χ1n) is 9.68. The Kier molecular flexibility index (Phi) is 7.66. The summed E-state index contributed by atoms with van der Waals surface area (Å²) in [4.78, 5) is 30.0. The van der Waals surface area contributed by atoms with E-state index in [0.717, 1.165) is 49.0 Å². The zero-order valence-corrected chi connectivity index (χ0v) is 18.3. The Labute approximate surface area is 180 Å². The van der Waals surface area contributed by atoms with Gasteiger partial charge in [-0.3, -0.25) is 14.6 Å². The second-order valence-corrected chi connectivity index (χ2v) is 8.60. The van der Waals surface area contributed by atoms with E-state index in [1.165, 1.54) is 24.0 Å². The smallest absolute Gasteiger partial charge is 0.340 e. The number of rotatable bonds is 7. The average Bonchev–Trinajstić information content (AvgIpc) is 3.13. The number of amides is 1. The molecule has 1 N–H and O–H groups in total. The lowest BCUT2D eigenvalue weighted by Gasteiger charge is -2.34. The van der Waals surface area contributed by atoms with Crippen LogP contribution in [0.25, 0.3) is 0 Å². The molecule has 0 bridgehead atoms. The molecular weight excluding hydrogens is 410 g/mol. The van der Waals surface area contributed by atoms with Gasteiger partial charge in [0.2, 0.25) is 5.91 Å². The number of halogens is 1. The van der Waals surface area contributed by atoms with Crippen molar-refractivity contribution < 1.29 is 14.3 Å². The highest BCUT2D eigenvalue weighted by atomic mass is 35.5. The number of hydrogen-bond donors (Lipinski definition) is 1. The molecule has 1 aromatic heterocycles. The maximum atomic E-state index is 12.5. The van der Waals surface area contributed by atoms with Crippen molar-refractivity contribution in [2.75, 3.05) is 45.2 Å². The largest absolute Gasteiger partial charge is 0.465 e. The lowest BCUT2D eigenvalue weighted by atomic mass is 10.2. The van der Waals surface area contributed by atoms with E-state index in [1.54, 1.807) is 6.07 Å². The summed E-state index contributed by atoms with van der Waals surface area (Å²) in [6.45, 7) is 6.68. The number of aryl methyl sites for hydroxylation is 1. The van der Waals surface area contributed by atoms with Gasteiger partial charge in [0.15, 0.2) is 0 Å². The quantitative estimate of drug-likeness (QED) is 0.674. The molecule has 0 saturated carbocycles. The lowest BCUT2D eigenvalue weighted by Crippen LogP contribution is -2.48. The van der Waals surface area contributed by atoms with Gasteiger partial charge in [-0.15, -0.1) is 11.3 Å². The summed E-state index contributed by atoms with van der Waals surface area (Å²) >= 11 is 7.37. The van der Waals surface area contributed by atoms with Crippen molar-refractivity contribution in [2.45, 2.75) is 19.9 Å². The fraction of sp³-hybridized carbons (Fsp3) is 0.429. The van der Waals surface area contributed by atoms with Gasteiger partial charge in [-0.25, -0.2) is 4.79 Å². The Morgan fingerprint density at radius 1 is 1.14 bits per heavy atom. The third kappa shape index (κ3) is 6.02. The van der Waals surface area contributed by atoms with Crippen LogP contribution >= 0.6 is 22.9 Å². The van der Waals surface area contributed by atoms with Crippen molar-refractivity contribution in [1.29, 1.82) is 0 Å². The maximum Gasteiger partial charge on any atom is 0.340 e. The van der Waals surface area contributed by atoms with Crippen molar-refractivity contribution >= 4 is 39.8 Å². The summed E-state index contributed by atoms with van der Waals surface area (Å²) < 4.78 is 4.83. The molecule has 1 aromatic carbocycles. The molecule has 2 aromatic rings. The Bertz CT molecular complexity index is 845. The number of anilines is 1. The molecule has 3 rings (SSSR count). The molecule has 8 heteroatoms. The molecule has 0 aliphatic carbocycles. The van der Waals surface area contributed by atoms with Crippen LogP contribution in [0.1, 0.15) is 27.7 Å². The minimum Gasteiger partial charge on any atom is -0.465 e. The third-order valence-electron chi connectivity index (χ3n) is 4.94. The van der Waals surface area contributed by atoms with Crippen LogP contribution in [-0.4, -0.2) is 61.5 Å². The standard InChI is InChI=1S/C21H26ClN3O3S/c1-3-17-12-18(21(27)28-2)20(29-17)23-19(26)14-25-10-8-24(9-11-25)13-15-4-6-16(22)7-5-15/h4-7,12H,3,8-11,13-14H2,1-2H3,(H,23,26). The Morgan fingerprint density at radius 2 is 1.79 bits per heavy atom. The topological polar surface area (TPSA) is 61.9 Å². The molecule has 0 spiro atoms. The maximum absolute atomic E-state index is 12.5. The first kappa shape index (κ1) is 21.8. The van der Waals surface area contributed by atoms with E-state index in [9.17, 15) is 9.59 Å². The van der Waals surface area contributed by atoms with Crippen molar-refractivity contribution in [3.05, 3.63) is 51.4 Å². The number of esters is 1. The van der Waals surface area contributed by atoms with Crippen LogP contribution in [0, 0.1) is 0 Å². The number of methoxy groups -OCH3 is 1. The Balaban J connectivity index is 1.49. The van der Waals surface area contributed by atoms with E-state index >= 15 is 0 Å². The Morgan fingerprint density at radius 3 is 2.41 bits per heavy atom. The number of carbonyl (C=O) groups is 2. The van der Waals surface area contributed by atoms with Crippen LogP contribution in [0.3, 0.4) is 0 Å². The van der Waals surface area contributed by atoms with E-state index in [1.807, 2.05) is 31.2 Å². The van der Waals surface area contributed by atoms with Crippen LogP contribution < -0.4 is 5.32 Å². The number of thiophene rings is 1. The molecule has 0 radical (unpaired) electrons. The fourth-order valence-electron chi connectivity index (χ4n) is 3.29. The highest BCUT2D eigenvalue weighted by Crippen LogP contribution is 2.29. The molecule has 1 amide bonds. The highest BCUT2D eigenvalue weighted by Gasteiger charge is 2.22. The van der Waals surface area contributed by atoms with Gasteiger partial charge >= 0.3 is 5.97 Å². The van der Waals surface area contributed by atoms with Crippen molar-refractivity contribution in [1.82, 2.24) is 9.80 Å². The molecule has 156 valence electrons. The number of ether oxygens (including phenoxy) is 1. The second kappa shape index (κ2) is 10.2. The van der Waals surface area contributed by atoms with Crippen molar-refractivity contribution in [3.8, 4) is 0 Å². The normalized spacial score (nSPS) is 15.3. The number of nitrogens with one attached hydrogen (secondary N) is 1. The number of nitrogens with zero attached hydrogens (tertiary/aromatic N) is 2. The molecule has 1 aliphatic heterocycles. The summed E-state index contributed by atoms with van der Waals surface area (Å²) in [7, 11) is 1.35. The molecular formula is C21H26ClN3O3S. The summed E-state index contributed by atoms with van der Waals surface area (Å²) in [5, 5.41) is 4.21. The molecule has 6 nitrogen and oxygen atoms in total. The molecule has 29 heavy (non-hydrogen) atoms. The van der Waals surface area contributed by atoms with Gasteiger partial charge in [0.25, 0.3) is 0 Å². The van der Waals surface area contributed by atoms with Gasteiger partial charge in [-0.2, -0.15) is 0 Å². The first-order valence-corrected chi connectivity index (χ1v) is 10.9. The summed E-state index contributed by atoms with van der Waals surface area (Å²) in [5.74, 6) is -0.530. The number of piperazine rings is 1. The zero-order chi connectivity index (χ0) is 20.8. The van der Waals surface area contributed by atoms with Gasteiger partial charge < -0.3 is 10.1 Å². The summed E-state index contributed by atoms with van der Waals surface area (Å²) in [5.41, 5.74) is 1.66. The van der Waals surface area contributed by atoms with Crippen molar-refractivity contribution in [3.63, 3.8) is 0 Å². The van der Waals surface area contributed by atoms with Crippen LogP contribution in [0.4, 0.5) is 5.00 Å². The number of hydrogen-bond acceptors (Lipinski definition) is 6. The summed E-state index contributed by atoms with van der Waals surface area (Å²) in [6.07, 6.45) is 0.806. The van der Waals surface area contributed by atoms with Gasteiger partial charge in [-0.1, -0.05) is 30.7 Å². The number of benzene rings is 1. The van der Waals surface area contributed by atoms with E-state index < -0.39 is 5.97 Å². The summed E-state index contributed by atoms with van der Waals surface area (Å²) in [6, 6.07) is 9.71. The van der Waals surface area contributed by atoms with E-state index in [-0.39, 0.29) is 5.91 Å². The lowest BCUT2D eigenvalue weighted by molar-refractivity contribution is -0.117. The fourth-order valence-corrected chi connectivity index (χ4v) is 4.42. The van der Waals surface area contributed by atoms with Gasteiger partial charge in [-0.05, 0) is 30.2 Å². The van der Waals surface area contributed by atoms with Gasteiger partial charge in [0.05, 0.1) is 19.2 Å². The van der Waals surface area contributed by atoms with E-state index in [4.69, 9.17) is 16.3 Å². The van der Waals surface area contributed by atoms with Crippen LogP contribution in [0.5, 0.6) is 0 Å². The molecule has 1 fully saturated rings. The second-order valence-electron chi connectivity index (χ2n) is 7.03. The van der Waals surface area contributed by atoms with Gasteiger partial charge in [0.1, 0.15) is 5.00 Å². The minimum atomic E-state index is -0.424. The average molecular weight is 436 g/mol. The van der Waals surface area contributed by atoms with E-state index in [0.29, 0.717) is 17.1 Å². The Hall–Kier alpha value is -1.93. The first-order chi connectivity index (χ1) is 14.0. The van der Waals surface area contributed by atoms with E-state index in [2.05, 4.69) is 15.1 Å². The highest BCUT2D eigenvalue weighted by molar-refractivity contribution is 7.16. The van der Waals surface area contributed by atoms with Gasteiger partial charge in [0, 0.05) is 42.6 Å². The van der Waals surface area contributed by atoms with Crippen LogP contribution in [-0.2, 0) is 22.5 Å². The molecule has 2 heterocycles. The molecule has 1 saturated heterocycles. The molecule has 1 aliphatic rings. The van der Waals surface area contributed by atoms with Crippen molar-refractivity contribution in [2.24, 2.45) is 0 Å². The molecule has 0 unspecified atom stereocenters. The molecule has 0 atom stereocenters.